The molecule has 5 aromatic rings. The third-order valence-corrected chi connectivity index (χ3v) is 10.9. The van der Waals surface area contributed by atoms with E-state index in [-0.39, 0.29) is 12.4 Å². The monoisotopic (exact) mass is 697 g/mol. The molecule has 0 radical (unpaired) electrons. The highest BCUT2D eigenvalue weighted by Gasteiger charge is 2.82. The van der Waals surface area contributed by atoms with E-state index in [1.165, 1.54) is 17.0 Å². The predicted octanol–water partition coefficient (Wildman–Crippen LogP) is 8.36. The maximum Gasteiger partial charge on any atom is 0.338 e. The van der Waals surface area contributed by atoms with Crippen LogP contribution >= 0.6 is 23.2 Å². The average Bonchev–Trinajstić information content (AvgIpc) is 3.65. The number of Topliss-reactive ketones (excluding diaryl/α,β-unsaturated/α-hetero) is 1. The number of allylic oxidation sites excluding steroid dienone is 2. The molecule has 8 heteroatoms. The van der Waals surface area contributed by atoms with Crippen LogP contribution in [0.3, 0.4) is 0 Å². The number of imide groups is 1. The molecule has 1 heterocycles. The fourth-order valence-electron chi connectivity index (χ4n) is 8.57. The molecule has 2 aliphatic carbocycles. The van der Waals surface area contributed by atoms with Gasteiger partial charge in [0, 0.05) is 10.0 Å². The minimum absolute atomic E-state index is 0.209. The van der Waals surface area contributed by atoms with E-state index in [0.717, 1.165) is 11.1 Å². The van der Waals surface area contributed by atoms with Crippen LogP contribution in [-0.2, 0) is 30.0 Å². The van der Waals surface area contributed by atoms with Gasteiger partial charge in [0.15, 0.2) is 5.78 Å². The van der Waals surface area contributed by atoms with E-state index < -0.39 is 40.4 Å². The number of benzene rings is 5. The smallest absolute Gasteiger partial charge is 0.338 e. The third-order valence-electron chi connectivity index (χ3n) is 10.4. The highest BCUT2D eigenvalue weighted by molar-refractivity contribution is 6.39. The van der Waals surface area contributed by atoms with E-state index >= 15 is 14.4 Å². The van der Waals surface area contributed by atoms with Gasteiger partial charge < -0.3 is 4.74 Å². The van der Waals surface area contributed by atoms with E-state index in [1.807, 2.05) is 60.7 Å². The van der Waals surface area contributed by atoms with Crippen molar-refractivity contribution in [3.63, 3.8) is 0 Å². The Morgan fingerprint density at radius 2 is 1.04 bits per heavy atom. The highest BCUT2D eigenvalue weighted by atomic mass is 35.5. The first-order valence-electron chi connectivity index (χ1n) is 16.3. The molecule has 0 spiro atoms. The second kappa shape index (κ2) is 11.9. The molecule has 3 aliphatic rings. The Morgan fingerprint density at radius 1 is 0.620 bits per heavy atom. The van der Waals surface area contributed by atoms with Crippen LogP contribution in [0.2, 0.25) is 10.0 Å². The van der Waals surface area contributed by atoms with Gasteiger partial charge in [-0.05, 0) is 88.9 Å². The SMILES string of the molecule is CCOC(=O)c1ccc(N2C(=O)[C@H]3[C@H](C2=O)[C@@]2(c4ccc(Cl)cc4)C(=O)[C@@]3(c3ccc(Cl)cc3)C(c3ccccc3)=C2c2ccccc2)cc1. The third kappa shape index (κ3) is 4.28. The number of fused-ring (bicyclic) bond motifs is 5. The minimum atomic E-state index is -1.58. The number of esters is 1. The average molecular weight is 699 g/mol. The van der Waals surface area contributed by atoms with Crippen LogP contribution in [0, 0.1) is 11.8 Å². The zero-order valence-electron chi connectivity index (χ0n) is 26.8. The van der Waals surface area contributed by atoms with Crippen LogP contribution in [0.25, 0.3) is 11.1 Å². The first-order valence-corrected chi connectivity index (χ1v) is 17.1. The van der Waals surface area contributed by atoms with Crippen LogP contribution < -0.4 is 4.90 Å². The number of nitrogens with zero attached hydrogens (tertiary/aromatic N) is 1. The molecule has 2 bridgehead atoms. The van der Waals surface area contributed by atoms with Crippen LogP contribution in [0.1, 0.15) is 39.5 Å². The number of carbonyl (C=O) groups is 4. The molecule has 5 aromatic carbocycles. The van der Waals surface area contributed by atoms with E-state index in [1.54, 1.807) is 67.6 Å². The number of anilines is 1. The van der Waals surface area contributed by atoms with Crippen molar-refractivity contribution < 1.29 is 23.9 Å². The van der Waals surface area contributed by atoms with E-state index in [2.05, 4.69) is 0 Å². The Bertz CT molecular complexity index is 2090. The fourth-order valence-corrected chi connectivity index (χ4v) is 8.82. The summed E-state index contributed by atoms with van der Waals surface area (Å²) in [6, 6.07) is 39.5. The van der Waals surface area contributed by atoms with Gasteiger partial charge in [-0.2, -0.15) is 0 Å². The normalized spacial score (nSPS) is 23.8. The summed E-state index contributed by atoms with van der Waals surface area (Å²) < 4.78 is 5.15. The van der Waals surface area contributed by atoms with Gasteiger partial charge in [0.1, 0.15) is 0 Å². The van der Waals surface area contributed by atoms with Crippen LogP contribution in [0.4, 0.5) is 5.69 Å². The Balaban J connectivity index is 1.47. The first-order chi connectivity index (χ1) is 24.3. The molecular weight excluding hydrogens is 669 g/mol. The van der Waals surface area contributed by atoms with Crippen molar-refractivity contribution in [3.05, 3.63) is 171 Å². The molecule has 6 nitrogen and oxygen atoms in total. The number of halogens is 2. The van der Waals surface area contributed by atoms with Crippen LogP contribution in [-0.4, -0.2) is 30.2 Å². The Labute approximate surface area is 298 Å². The summed E-state index contributed by atoms with van der Waals surface area (Å²) in [4.78, 5) is 59.9. The van der Waals surface area contributed by atoms with E-state index in [9.17, 15) is 4.79 Å². The molecule has 1 saturated heterocycles. The number of hydrogen-bond donors (Lipinski definition) is 0. The van der Waals surface area contributed by atoms with Crippen molar-refractivity contribution in [2.45, 2.75) is 17.8 Å². The molecular formula is C42H29Cl2NO5. The Hall–Kier alpha value is -5.30. The predicted molar refractivity (Wildman–Crippen MR) is 193 cm³/mol. The standard InChI is InChI=1S/C42H29Cl2NO5/c1-2-50-39(48)27-13-23-32(24-14-27)45-37(46)35-36(38(45)47)42(29-17-21-31(44)22-18-29)34(26-11-7-4-8-12-26)33(25-9-5-3-6-10-25)41(35,40(42)49)28-15-19-30(43)20-16-28/h3-24,35-36H,2H2,1H3/t35-,36-,41+,42+/m1/s1. The quantitative estimate of drug-likeness (QED) is 0.126. The molecule has 1 aliphatic heterocycles. The number of ketones is 1. The second-order valence-electron chi connectivity index (χ2n) is 12.7. The summed E-state index contributed by atoms with van der Waals surface area (Å²) in [6.45, 7) is 1.93. The van der Waals surface area contributed by atoms with Gasteiger partial charge in [0.2, 0.25) is 11.8 Å². The maximum atomic E-state index is 16.0. The lowest BCUT2D eigenvalue weighted by atomic mass is 9.59. The van der Waals surface area contributed by atoms with Crippen molar-refractivity contribution in [2.24, 2.45) is 11.8 Å². The van der Waals surface area contributed by atoms with Gasteiger partial charge in [-0.1, -0.05) is 108 Å². The molecule has 0 N–H and O–H groups in total. The topological polar surface area (TPSA) is 80.8 Å². The van der Waals surface area contributed by atoms with Crippen molar-refractivity contribution in [1.29, 1.82) is 0 Å². The first kappa shape index (κ1) is 31.9. The second-order valence-corrected chi connectivity index (χ2v) is 13.5. The Kier molecular flexibility index (Phi) is 7.62. The summed E-state index contributed by atoms with van der Waals surface area (Å²) in [5.74, 6) is -3.96. The highest BCUT2D eigenvalue weighted by Crippen LogP contribution is 2.74. The molecule has 2 amide bonds. The number of ether oxygens (including phenoxy) is 1. The molecule has 50 heavy (non-hydrogen) atoms. The summed E-state index contributed by atoms with van der Waals surface area (Å²) in [5.41, 5.74) is 1.46. The van der Waals surface area contributed by atoms with Crippen molar-refractivity contribution in [1.82, 2.24) is 0 Å². The summed E-state index contributed by atoms with van der Waals surface area (Å²) >= 11 is 12.8. The molecule has 246 valence electrons. The van der Waals surface area contributed by atoms with Gasteiger partial charge in [-0.3, -0.25) is 14.4 Å². The van der Waals surface area contributed by atoms with E-state index in [4.69, 9.17) is 27.9 Å². The lowest BCUT2D eigenvalue weighted by Crippen LogP contribution is -2.45. The lowest BCUT2D eigenvalue weighted by molar-refractivity contribution is -0.130. The zero-order chi connectivity index (χ0) is 34.8. The number of hydrogen-bond acceptors (Lipinski definition) is 5. The Morgan fingerprint density at radius 3 is 1.44 bits per heavy atom. The van der Waals surface area contributed by atoms with Crippen molar-refractivity contribution in [2.75, 3.05) is 11.5 Å². The van der Waals surface area contributed by atoms with Gasteiger partial charge >= 0.3 is 5.97 Å². The molecule has 1 saturated carbocycles. The number of rotatable bonds is 7. The van der Waals surface area contributed by atoms with Gasteiger partial charge in [0.05, 0.1) is 40.5 Å². The van der Waals surface area contributed by atoms with Gasteiger partial charge in [0.25, 0.3) is 0 Å². The molecule has 8 rings (SSSR count). The summed E-state index contributed by atoms with van der Waals surface area (Å²) in [6.07, 6.45) is 0. The molecule has 0 unspecified atom stereocenters. The largest absolute Gasteiger partial charge is 0.462 e. The van der Waals surface area contributed by atoms with Gasteiger partial charge in [-0.25, -0.2) is 9.69 Å². The maximum absolute atomic E-state index is 16.0. The van der Waals surface area contributed by atoms with Crippen molar-refractivity contribution >= 4 is 63.6 Å². The molecule has 0 aromatic heterocycles. The zero-order valence-corrected chi connectivity index (χ0v) is 28.3. The van der Waals surface area contributed by atoms with E-state index in [0.29, 0.717) is 43.6 Å². The fraction of sp³-hybridized carbons (Fsp3) is 0.143. The summed E-state index contributed by atoms with van der Waals surface area (Å²) in [5, 5.41) is 0.944. The summed E-state index contributed by atoms with van der Waals surface area (Å²) in [7, 11) is 0. The molecule has 2 fully saturated rings. The van der Waals surface area contributed by atoms with Gasteiger partial charge in [-0.15, -0.1) is 0 Å². The molecule has 4 atom stereocenters. The minimum Gasteiger partial charge on any atom is -0.462 e. The number of amides is 2. The van der Waals surface area contributed by atoms with Crippen LogP contribution in [0.5, 0.6) is 0 Å². The van der Waals surface area contributed by atoms with Crippen LogP contribution in [0.15, 0.2) is 133 Å². The number of carbonyl (C=O) groups excluding carboxylic acids is 4. The van der Waals surface area contributed by atoms with Crippen molar-refractivity contribution in [3.8, 4) is 0 Å². The lowest BCUT2D eigenvalue weighted by Gasteiger charge is -2.39.